The second-order valence-electron chi connectivity index (χ2n) is 5.63. The van der Waals surface area contributed by atoms with Gasteiger partial charge in [-0.05, 0) is 42.5 Å². The Labute approximate surface area is 149 Å². The van der Waals surface area contributed by atoms with Crippen LogP contribution in [0.2, 0.25) is 5.02 Å². The first kappa shape index (κ1) is 17.4. The number of ether oxygens (including phenoxy) is 1. The Balaban J connectivity index is 1.61. The van der Waals surface area contributed by atoms with E-state index >= 15 is 0 Å². The van der Waals surface area contributed by atoms with Crippen molar-refractivity contribution < 1.29 is 18.7 Å². The van der Waals surface area contributed by atoms with Crippen LogP contribution < -0.4 is 10.2 Å². The van der Waals surface area contributed by atoms with Crippen LogP contribution in [0.15, 0.2) is 48.5 Å². The molecular formula is C18H16ClFN2O3. The fraction of sp³-hybridized carbons (Fsp3) is 0.222. The topological polar surface area (TPSA) is 58.6 Å². The highest BCUT2D eigenvalue weighted by atomic mass is 35.5. The van der Waals surface area contributed by atoms with Gasteiger partial charge in [-0.2, -0.15) is 0 Å². The van der Waals surface area contributed by atoms with Gasteiger partial charge < -0.3 is 15.0 Å². The van der Waals surface area contributed by atoms with Crippen LogP contribution in [0.4, 0.5) is 10.1 Å². The summed E-state index contributed by atoms with van der Waals surface area (Å²) in [6.45, 7) is 0.479. The zero-order valence-electron chi connectivity index (χ0n) is 13.2. The van der Waals surface area contributed by atoms with Gasteiger partial charge in [-0.1, -0.05) is 17.7 Å². The average molecular weight is 363 g/mol. The quantitative estimate of drug-likeness (QED) is 0.909. The minimum atomic E-state index is -0.400. The SMILES string of the molecule is O=C(NCC1CN(c2cccc(Cl)c2)C(=O)CO1)c1ccc(F)cc1. The third kappa shape index (κ3) is 4.35. The molecule has 1 unspecified atom stereocenters. The monoisotopic (exact) mass is 362 g/mol. The molecule has 130 valence electrons. The molecule has 7 heteroatoms. The molecule has 5 nitrogen and oxygen atoms in total. The summed E-state index contributed by atoms with van der Waals surface area (Å²) in [6.07, 6.45) is -0.346. The van der Waals surface area contributed by atoms with E-state index in [0.29, 0.717) is 22.8 Å². The highest BCUT2D eigenvalue weighted by Gasteiger charge is 2.27. The molecule has 1 aliphatic rings. The van der Waals surface area contributed by atoms with Crippen LogP contribution >= 0.6 is 11.6 Å². The third-order valence-corrected chi connectivity index (χ3v) is 4.08. The number of nitrogens with zero attached hydrogens (tertiary/aromatic N) is 1. The van der Waals surface area contributed by atoms with Gasteiger partial charge in [0.05, 0.1) is 12.6 Å². The van der Waals surface area contributed by atoms with Crippen molar-refractivity contribution >= 4 is 29.1 Å². The van der Waals surface area contributed by atoms with E-state index in [-0.39, 0.29) is 31.1 Å². The molecule has 0 bridgehead atoms. The van der Waals surface area contributed by atoms with Crippen LogP contribution in [-0.2, 0) is 9.53 Å². The maximum Gasteiger partial charge on any atom is 0.253 e. The van der Waals surface area contributed by atoms with Crippen LogP contribution in [0.3, 0.4) is 0 Å². The third-order valence-electron chi connectivity index (χ3n) is 3.85. The van der Waals surface area contributed by atoms with Crippen LogP contribution in [0.25, 0.3) is 0 Å². The molecule has 25 heavy (non-hydrogen) atoms. The summed E-state index contributed by atoms with van der Waals surface area (Å²) < 4.78 is 18.4. The fourth-order valence-electron chi connectivity index (χ4n) is 2.55. The Morgan fingerprint density at radius 2 is 2.04 bits per heavy atom. The van der Waals surface area contributed by atoms with Crippen molar-refractivity contribution in [2.24, 2.45) is 0 Å². The largest absolute Gasteiger partial charge is 0.365 e. The van der Waals surface area contributed by atoms with Crippen LogP contribution in [0, 0.1) is 5.82 Å². The first-order chi connectivity index (χ1) is 12.0. The van der Waals surface area contributed by atoms with Crippen molar-refractivity contribution in [3.8, 4) is 0 Å². The number of rotatable bonds is 4. The molecule has 1 fully saturated rings. The summed E-state index contributed by atoms with van der Waals surface area (Å²) in [7, 11) is 0. The molecule has 0 saturated carbocycles. The summed E-state index contributed by atoms with van der Waals surface area (Å²) in [5, 5.41) is 3.28. The van der Waals surface area contributed by atoms with E-state index in [1.807, 2.05) is 0 Å². The summed E-state index contributed by atoms with van der Waals surface area (Å²) >= 11 is 5.98. The lowest BCUT2D eigenvalue weighted by Gasteiger charge is -2.33. The van der Waals surface area contributed by atoms with E-state index in [2.05, 4.69) is 5.32 Å². The van der Waals surface area contributed by atoms with Gasteiger partial charge in [-0.25, -0.2) is 4.39 Å². The van der Waals surface area contributed by atoms with Crippen LogP contribution in [0.5, 0.6) is 0 Å². The van der Waals surface area contributed by atoms with Crippen molar-refractivity contribution in [1.82, 2.24) is 5.32 Å². The van der Waals surface area contributed by atoms with Gasteiger partial charge in [0.2, 0.25) is 0 Å². The van der Waals surface area contributed by atoms with Gasteiger partial charge >= 0.3 is 0 Å². The van der Waals surface area contributed by atoms with E-state index in [9.17, 15) is 14.0 Å². The van der Waals surface area contributed by atoms with Crippen LogP contribution in [0.1, 0.15) is 10.4 Å². The lowest BCUT2D eigenvalue weighted by atomic mass is 10.2. The molecule has 1 aliphatic heterocycles. The lowest BCUT2D eigenvalue weighted by Crippen LogP contribution is -2.50. The van der Waals surface area contributed by atoms with Crippen LogP contribution in [-0.4, -0.2) is 37.6 Å². The summed E-state index contributed by atoms with van der Waals surface area (Å²) in [5.74, 6) is -0.888. The van der Waals surface area contributed by atoms with E-state index in [4.69, 9.17) is 16.3 Å². The molecule has 1 atom stereocenters. The van der Waals surface area contributed by atoms with Crippen molar-refractivity contribution in [1.29, 1.82) is 0 Å². The van der Waals surface area contributed by atoms with E-state index in [1.165, 1.54) is 24.3 Å². The lowest BCUT2D eigenvalue weighted by molar-refractivity contribution is -0.129. The van der Waals surface area contributed by atoms with Gasteiger partial charge in [-0.3, -0.25) is 9.59 Å². The van der Waals surface area contributed by atoms with E-state index < -0.39 is 5.82 Å². The summed E-state index contributed by atoms with van der Waals surface area (Å²) in [6, 6.07) is 12.3. The molecule has 1 heterocycles. The summed E-state index contributed by atoms with van der Waals surface area (Å²) in [4.78, 5) is 25.7. The molecule has 0 aliphatic carbocycles. The maximum absolute atomic E-state index is 12.9. The smallest absolute Gasteiger partial charge is 0.253 e. The number of carbonyl (C=O) groups excluding carboxylic acids is 2. The first-order valence-corrected chi connectivity index (χ1v) is 8.12. The van der Waals surface area contributed by atoms with Gasteiger partial charge in [-0.15, -0.1) is 0 Å². The zero-order chi connectivity index (χ0) is 17.8. The van der Waals surface area contributed by atoms with Crippen molar-refractivity contribution in [3.05, 3.63) is 64.9 Å². The predicted molar refractivity (Wildman–Crippen MR) is 92.3 cm³/mol. The molecule has 1 saturated heterocycles. The Morgan fingerprint density at radius 3 is 2.76 bits per heavy atom. The second kappa shape index (κ2) is 7.63. The minimum Gasteiger partial charge on any atom is -0.365 e. The highest BCUT2D eigenvalue weighted by molar-refractivity contribution is 6.30. The van der Waals surface area contributed by atoms with Crippen molar-refractivity contribution in [3.63, 3.8) is 0 Å². The number of halogens is 2. The van der Waals surface area contributed by atoms with E-state index in [1.54, 1.807) is 29.2 Å². The normalized spacial score (nSPS) is 17.4. The highest BCUT2D eigenvalue weighted by Crippen LogP contribution is 2.22. The second-order valence-corrected chi connectivity index (χ2v) is 6.07. The zero-order valence-corrected chi connectivity index (χ0v) is 14.0. The number of carbonyl (C=O) groups is 2. The van der Waals surface area contributed by atoms with Gasteiger partial charge in [0.15, 0.2) is 0 Å². The number of morpholine rings is 1. The molecular weight excluding hydrogens is 347 g/mol. The number of hydrogen-bond acceptors (Lipinski definition) is 3. The molecule has 2 amide bonds. The molecule has 0 spiro atoms. The first-order valence-electron chi connectivity index (χ1n) is 7.74. The average Bonchev–Trinajstić information content (AvgIpc) is 2.61. The van der Waals surface area contributed by atoms with Crippen molar-refractivity contribution in [2.45, 2.75) is 6.10 Å². The molecule has 3 rings (SSSR count). The molecule has 0 aromatic heterocycles. The van der Waals surface area contributed by atoms with Crippen molar-refractivity contribution in [2.75, 3.05) is 24.6 Å². The molecule has 1 N–H and O–H groups in total. The number of hydrogen-bond donors (Lipinski definition) is 1. The fourth-order valence-corrected chi connectivity index (χ4v) is 2.74. The van der Waals surface area contributed by atoms with Gasteiger partial charge in [0.1, 0.15) is 12.4 Å². The number of nitrogens with one attached hydrogen (secondary N) is 1. The number of amides is 2. The number of anilines is 1. The van der Waals surface area contributed by atoms with Gasteiger partial charge in [0, 0.05) is 22.8 Å². The van der Waals surface area contributed by atoms with Gasteiger partial charge in [0.25, 0.3) is 11.8 Å². The Bertz CT molecular complexity index is 782. The molecule has 0 radical (unpaired) electrons. The predicted octanol–water partition coefficient (Wildman–Crippen LogP) is 2.64. The summed E-state index contributed by atoms with van der Waals surface area (Å²) in [5.41, 5.74) is 1.05. The molecule has 2 aromatic carbocycles. The Morgan fingerprint density at radius 1 is 1.28 bits per heavy atom. The molecule has 2 aromatic rings. The minimum absolute atomic E-state index is 0.0659. The van der Waals surface area contributed by atoms with E-state index in [0.717, 1.165) is 0 Å². The maximum atomic E-state index is 12.9. The Kier molecular flexibility index (Phi) is 5.31. The Hall–Kier alpha value is -2.44. The number of benzene rings is 2. The standard InChI is InChI=1S/C18H16ClFN2O3/c19-13-2-1-3-15(8-13)22-10-16(25-11-17(22)23)9-21-18(24)12-4-6-14(20)7-5-12/h1-8,16H,9-11H2,(H,21,24).